The van der Waals surface area contributed by atoms with Gasteiger partial charge in [0.15, 0.2) is 12.6 Å². The van der Waals surface area contributed by atoms with Crippen molar-refractivity contribution in [2.75, 3.05) is 33.0 Å². The van der Waals surface area contributed by atoms with Crippen molar-refractivity contribution >= 4 is 0 Å². The molecule has 2 heterocycles. The molecule has 0 bridgehead atoms. The normalized spacial score (nSPS) is 18.7. The quantitative estimate of drug-likeness (QED) is 0.0714. The molecule has 2 aliphatic heterocycles. The Bertz CT molecular complexity index is 1660. The third-order valence-corrected chi connectivity index (χ3v) is 9.57. The summed E-state index contributed by atoms with van der Waals surface area (Å²) in [7, 11) is 0. The molecule has 0 aromatic heterocycles. The molecular weight excluding hydrogens is 644 g/mol. The lowest BCUT2D eigenvalue weighted by Gasteiger charge is -2.27. The number of ether oxygens (including phenoxy) is 8. The minimum atomic E-state index is -0.454. The van der Waals surface area contributed by atoms with Gasteiger partial charge < -0.3 is 37.9 Å². The summed E-state index contributed by atoms with van der Waals surface area (Å²) in [5.41, 5.74) is 4.43. The topological polar surface area (TPSA) is 80.4 Å². The number of hydrogen-bond donors (Lipinski definition) is 0. The van der Waals surface area contributed by atoms with Crippen LogP contribution in [-0.2, 0) is 29.8 Å². The standard InChI is InChI=1S/C43H52O8/c1-29(49-31(3)51-39-22-14-35(15-23-39)43(6,7)33-10-18-37(19-11-33)46-26-41-28-48-41)24-44-30(2)50-38-20-12-34(13-21-38)42(4,5)32-8-16-36(17-9-32)45-25-40-27-47-40/h8-23,29-31,40-41H,24-28H2,1-7H3. The summed E-state index contributed by atoms with van der Waals surface area (Å²) < 4.78 is 46.2. The molecule has 0 spiro atoms. The van der Waals surface area contributed by atoms with Gasteiger partial charge in [-0.25, -0.2) is 0 Å². The lowest BCUT2D eigenvalue weighted by Crippen LogP contribution is -2.28. The zero-order valence-corrected chi connectivity index (χ0v) is 30.9. The summed E-state index contributed by atoms with van der Waals surface area (Å²) in [5.74, 6) is 3.21. The summed E-state index contributed by atoms with van der Waals surface area (Å²) in [6.45, 7) is 17.8. The van der Waals surface area contributed by atoms with Gasteiger partial charge in [0.05, 0.1) is 25.9 Å². The highest BCUT2D eigenvalue weighted by Crippen LogP contribution is 2.35. The molecule has 6 rings (SSSR count). The van der Waals surface area contributed by atoms with Crippen LogP contribution in [0.1, 0.15) is 70.7 Å². The van der Waals surface area contributed by atoms with Gasteiger partial charge in [-0.05, 0) is 91.6 Å². The largest absolute Gasteiger partial charge is 0.491 e. The van der Waals surface area contributed by atoms with E-state index >= 15 is 0 Å². The molecule has 51 heavy (non-hydrogen) atoms. The minimum absolute atomic E-state index is 0.183. The molecule has 5 unspecified atom stereocenters. The third kappa shape index (κ3) is 10.3. The average Bonchev–Trinajstić information content (AvgIpc) is 4.06. The Hall–Kier alpha value is -4.08. The highest BCUT2D eigenvalue weighted by Gasteiger charge is 2.27. The van der Waals surface area contributed by atoms with Crippen LogP contribution in [0, 0.1) is 0 Å². The fourth-order valence-electron chi connectivity index (χ4n) is 5.96. The van der Waals surface area contributed by atoms with Crippen molar-refractivity contribution in [1.29, 1.82) is 0 Å². The van der Waals surface area contributed by atoms with E-state index in [4.69, 9.17) is 37.9 Å². The summed E-state index contributed by atoms with van der Waals surface area (Å²) >= 11 is 0. The number of epoxide rings is 2. The maximum atomic E-state index is 6.08. The van der Waals surface area contributed by atoms with E-state index in [1.54, 1.807) is 0 Å². The second kappa shape index (κ2) is 16.1. The van der Waals surface area contributed by atoms with E-state index in [2.05, 4.69) is 76.2 Å². The van der Waals surface area contributed by atoms with Crippen LogP contribution >= 0.6 is 0 Å². The number of hydrogen-bond acceptors (Lipinski definition) is 8. The lowest BCUT2D eigenvalue weighted by atomic mass is 9.78. The lowest BCUT2D eigenvalue weighted by molar-refractivity contribution is -0.150. The predicted molar refractivity (Wildman–Crippen MR) is 197 cm³/mol. The van der Waals surface area contributed by atoms with E-state index in [-0.39, 0.29) is 29.1 Å². The molecule has 2 fully saturated rings. The zero-order chi connectivity index (χ0) is 36.0. The molecule has 0 amide bonds. The molecule has 4 aromatic carbocycles. The van der Waals surface area contributed by atoms with E-state index in [1.165, 1.54) is 22.3 Å². The van der Waals surface area contributed by atoms with Crippen molar-refractivity contribution in [3.63, 3.8) is 0 Å². The van der Waals surface area contributed by atoms with Crippen LogP contribution in [0.3, 0.4) is 0 Å². The molecule has 0 saturated carbocycles. The first-order chi connectivity index (χ1) is 24.5. The molecule has 8 heteroatoms. The van der Waals surface area contributed by atoms with Gasteiger partial charge in [-0.15, -0.1) is 0 Å². The Balaban J connectivity index is 0.916. The number of benzene rings is 4. The molecule has 0 N–H and O–H groups in total. The molecule has 5 atom stereocenters. The van der Waals surface area contributed by atoms with Gasteiger partial charge in [-0.1, -0.05) is 76.2 Å². The van der Waals surface area contributed by atoms with Crippen LogP contribution < -0.4 is 18.9 Å². The average molecular weight is 697 g/mol. The first-order valence-corrected chi connectivity index (χ1v) is 18.0. The predicted octanol–water partition coefficient (Wildman–Crippen LogP) is 8.47. The van der Waals surface area contributed by atoms with Gasteiger partial charge in [0.2, 0.25) is 0 Å². The van der Waals surface area contributed by atoms with Crippen molar-refractivity contribution in [3.05, 3.63) is 119 Å². The Morgan fingerprint density at radius 1 is 0.529 bits per heavy atom. The molecule has 0 aliphatic carbocycles. The summed E-state index contributed by atoms with van der Waals surface area (Å²) in [4.78, 5) is 0. The third-order valence-electron chi connectivity index (χ3n) is 9.57. The van der Waals surface area contributed by atoms with Crippen LogP contribution in [0.25, 0.3) is 0 Å². The van der Waals surface area contributed by atoms with Gasteiger partial charge in [0, 0.05) is 10.8 Å². The number of rotatable bonds is 19. The molecule has 4 aromatic rings. The summed E-state index contributed by atoms with van der Waals surface area (Å²) in [6, 6.07) is 33.0. The fourth-order valence-corrected chi connectivity index (χ4v) is 5.96. The van der Waals surface area contributed by atoms with Crippen LogP contribution in [0.15, 0.2) is 97.1 Å². The van der Waals surface area contributed by atoms with Gasteiger partial charge in [0.1, 0.15) is 48.4 Å². The van der Waals surface area contributed by atoms with E-state index in [1.807, 2.05) is 69.3 Å². The van der Waals surface area contributed by atoms with Crippen molar-refractivity contribution in [1.82, 2.24) is 0 Å². The van der Waals surface area contributed by atoms with Crippen molar-refractivity contribution < 1.29 is 37.9 Å². The second-order valence-electron chi connectivity index (χ2n) is 14.5. The Labute approximate surface area is 302 Å². The van der Waals surface area contributed by atoms with Crippen LogP contribution in [0.2, 0.25) is 0 Å². The maximum absolute atomic E-state index is 6.08. The first kappa shape index (κ1) is 36.7. The van der Waals surface area contributed by atoms with Crippen LogP contribution in [-0.4, -0.2) is 63.9 Å². The Morgan fingerprint density at radius 2 is 0.863 bits per heavy atom. The first-order valence-electron chi connectivity index (χ1n) is 18.0. The highest BCUT2D eigenvalue weighted by atomic mass is 16.7. The molecule has 0 radical (unpaired) electrons. The SMILES string of the molecule is CC(COC(C)Oc1ccc(C(C)(C)c2ccc(OCC3CO3)cc2)cc1)OC(C)Oc1ccc(C(C)(C)c2ccc(OCC3CO3)cc2)cc1. The second-order valence-corrected chi connectivity index (χ2v) is 14.5. The molecule has 8 nitrogen and oxygen atoms in total. The van der Waals surface area contributed by atoms with Gasteiger partial charge in [0.25, 0.3) is 0 Å². The van der Waals surface area contributed by atoms with Gasteiger partial charge >= 0.3 is 0 Å². The van der Waals surface area contributed by atoms with Crippen molar-refractivity contribution in [2.24, 2.45) is 0 Å². The zero-order valence-electron chi connectivity index (χ0n) is 30.9. The maximum Gasteiger partial charge on any atom is 0.197 e. The van der Waals surface area contributed by atoms with Gasteiger partial charge in [-0.3, -0.25) is 0 Å². The summed E-state index contributed by atoms with van der Waals surface area (Å²) in [5, 5.41) is 0. The highest BCUT2D eigenvalue weighted by molar-refractivity contribution is 5.43. The Morgan fingerprint density at radius 3 is 1.22 bits per heavy atom. The Kier molecular flexibility index (Phi) is 11.6. The molecule has 2 saturated heterocycles. The summed E-state index contributed by atoms with van der Waals surface area (Å²) in [6.07, 6.45) is -0.613. The van der Waals surface area contributed by atoms with Gasteiger partial charge in [-0.2, -0.15) is 0 Å². The van der Waals surface area contributed by atoms with E-state index in [9.17, 15) is 0 Å². The fraction of sp³-hybridized carbons (Fsp3) is 0.442. The smallest absolute Gasteiger partial charge is 0.197 e. The monoisotopic (exact) mass is 696 g/mol. The van der Waals surface area contributed by atoms with Crippen molar-refractivity contribution in [3.8, 4) is 23.0 Å². The molecule has 272 valence electrons. The van der Waals surface area contributed by atoms with Crippen LogP contribution in [0.4, 0.5) is 0 Å². The van der Waals surface area contributed by atoms with E-state index < -0.39 is 12.6 Å². The van der Waals surface area contributed by atoms with E-state index in [0.29, 0.717) is 19.8 Å². The van der Waals surface area contributed by atoms with E-state index in [0.717, 1.165) is 36.2 Å². The van der Waals surface area contributed by atoms with Crippen LogP contribution in [0.5, 0.6) is 23.0 Å². The minimum Gasteiger partial charge on any atom is -0.491 e. The molecular formula is C43H52O8. The van der Waals surface area contributed by atoms with Crippen molar-refractivity contribution in [2.45, 2.75) is 90.2 Å². The molecule has 2 aliphatic rings.